The molecule has 2 rings (SSSR count). The molecule has 1 N–H and O–H groups in total. The van der Waals surface area contributed by atoms with E-state index in [0.717, 1.165) is 36.8 Å². The van der Waals surface area contributed by atoms with Crippen molar-refractivity contribution in [2.45, 2.75) is 20.3 Å². The summed E-state index contributed by atoms with van der Waals surface area (Å²) in [6.45, 7) is 9.98. The van der Waals surface area contributed by atoms with Gasteiger partial charge in [-0.1, -0.05) is 19.6 Å². The molecule has 2 aliphatic rings. The van der Waals surface area contributed by atoms with Gasteiger partial charge < -0.3 is 15.0 Å². The Morgan fingerprint density at radius 2 is 2.41 bits per heavy atom. The van der Waals surface area contributed by atoms with Crippen LogP contribution in [0.15, 0.2) is 47.2 Å². The molecule has 2 heterocycles. The van der Waals surface area contributed by atoms with Crippen molar-refractivity contribution >= 4 is 0 Å². The fourth-order valence-corrected chi connectivity index (χ4v) is 2.12. The van der Waals surface area contributed by atoms with E-state index in [1.165, 1.54) is 11.1 Å². The minimum atomic E-state index is 0.725. The predicted molar refractivity (Wildman–Crippen MR) is 70.0 cm³/mol. The first kappa shape index (κ1) is 11.8. The van der Waals surface area contributed by atoms with Crippen molar-refractivity contribution in [2.24, 2.45) is 0 Å². The van der Waals surface area contributed by atoms with Crippen molar-refractivity contribution in [1.29, 1.82) is 0 Å². The van der Waals surface area contributed by atoms with Crippen molar-refractivity contribution in [3.63, 3.8) is 0 Å². The van der Waals surface area contributed by atoms with Crippen LogP contribution in [0.2, 0.25) is 0 Å². The summed E-state index contributed by atoms with van der Waals surface area (Å²) in [7, 11) is 2.08. The molecule has 3 nitrogen and oxygen atoms in total. The van der Waals surface area contributed by atoms with E-state index in [-0.39, 0.29) is 0 Å². The summed E-state index contributed by atoms with van der Waals surface area (Å²) in [4.78, 5) is 2.21. The lowest BCUT2D eigenvalue weighted by atomic mass is 10.00. The molecular weight excluding hydrogens is 212 g/mol. The maximum atomic E-state index is 5.61. The second-order valence-electron chi connectivity index (χ2n) is 4.44. The van der Waals surface area contributed by atoms with Crippen molar-refractivity contribution < 1.29 is 4.74 Å². The molecule has 0 saturated carbocycles. The van der Waals surface area contributed by atoms with Gasteiger partial charge in [-0.05, 0) is 25.0 Å². The zero-order valence-corrected chi connectivity index (χ0v) is 10.8. The molecule has 0 unspecified atom stereocenters. The number of ether oxygens (including phenoxy) is 1. The standard InChI is InChI=1S/C14H20N2O/c1-5-6-10(2)12-9-13-14(15-11(12)3)17-8-7-16(13)4/h6,9,15H,3,5,7-8H2,1-2,4H3/b10-6+. The normalized spacial score (nSPS) is 20.6. The Hall–Kier alpha value is -1.64. The molecule has 0 aromatic heterocycles. The van der Waals surface area contributed by atoms with Gasteiger partial charge in [0.15, 0.2) is 0 Å². The Kier molecular flexibility index (Phi) is 3.27. The molecule has 0 aliphatic carbocycles. The van der Waals surface area contributed by atoms with E-state index in [1.807, 2.05) is 0 Å². The van der Waals surface area contributed by atoms with E-state index >= 15 is 0 Å². The van der Waals surface area contributed by atoms with Crippen molar-refractivity contribution in [1.82, 2.24) is 10.2 Å². The first-order valence-corrected chi connectivity index (χ1v) is 6.06. The Labute approximate surface area is 103 Å². The van der Waals surface area contributed by atoms with Gasteiger partial charge in [-0.3, -0.25) is 0 Å². The Morgan fingerprint density at radius 3 is 3.12 bits per heavy atom. The van der Waals surface area contributed by atoms with Crippen LogP contribution in [0.25, 0.3) is 0 Å². The fraction of sp³-hybridized carbons (Fsp3) is 0.429. The number of rotatable bonds is 2. The van der Waals surface area contributed by atoms with Crippen molar-refractivity contribution in [2.75, 3.05) is 20.2 Å². The van der Waals surface area contributed by atoms with Gasteiger partial charge in [0.25, 0.3) is 0 Å². The molecule has 0 amide bonds. The van der Waals surface area contributed by atoms with E-state index in [9.17, 15) is 0 Å². The molecule has 17 heavy (non-hydrogen) atoms. The summed E-state index contributed by atoms with van der Waals surface area (Å²) in [5.41, 5.74) is 4.46. The van der Waals surface area contributed by atoms with E-state index in [1.54, 1.807) is 0 Å². The predicted octanol–water partition coefficient (Wildman–Crippen LogP) is 2.52. The van der Waals surface area contributed by atoms with Gasteiger partial charge >= 0.3 is 0 Å². The van der Waals surface area contributed by atoms with Crippen LogP contribution >= 0.6 is 0 Å². The second kappa shape index (κ2) is 4.70. The van der Waals surface area contributed by atoms with Gasteiger partial charge in [0.05, 0.1) is 12.2 Å². The molecule has 3 heteroatoms. The Morgan fingerprint density at radius 1 is 1.65 bits per heavy atom. The third-order valence-corrected chi connectivity index (χ3v) is 3.12. The van der Waals surface area contributed by atoms with Gasteiger partial charge in [0, 0.05) is 18.3 Å². The lowest BCUT2D eigenvalue weighted by Gasteiger charge is -2.33. The Bertz CT molecular complexity index is 430. The third-order valence-electron chi connectivity index (χ3n) is 3.12. The zero-order chi connectivity index (χ0) is 12.4. The van der Waals surface area contributed by atoms with Gasteiger partial charge in [0.2, 0.25) is 5.88 Å². The van der Waals surface area contributed by atoms with E-state index in [0.29, 0.717) is 0 Å². The largest absolute Gasteiger partial charge is 0.476 e. The van der Waals surface area contributed by atoms with Crippen LogP contribution in [-0.2, 0) is 4.74 Å². The molecular formula is C14H20N2O. The molecule has 0 aromatic carbocycles. The van der Waals surface area contributed by atoms with Gasteiger partial charge in [0.1, 0.15) is 6.61 Å². The summed E-state index contributed by atoms with van der Waals surface area (Å²) in [6, 6.07) is 0. The van der Waals surface area contributed by atoms with Crippen LogP contribution in [0.4, 0.5) is 0 Å². The highest BCUT2D eigenvalue weighted by molar-refractivity contribution is 5.51. The zero-order valence-electron chi connectivity index (χ0n) is 10.8. The molecule has 0 radical (unpaired) electrons. The van der Waals surface area contributed by atoms with Crippen LogP contribution in [-0.4, -0.2) is 25.1 Å². The van der Waals surface area contributed by atoms with Crippen molar-refractivity contribution in [3.8, 4) is 0 Å². The lowest BCUT2D eigenvalue weighted by Crippen LogP contribution is -2.35. The summed E-state index contributed by atoms with van der Waals surface area (Å²) < 4.78 is 5.61. The number of dihydropyridines is 1. The second-order valence-corrected chi connectivity index (χ2v) is 4.44. The maximum absolute atomic E-state index is 5.61. The lowest BCUT2D eigenvalue weighted by molar-refractivity contribution is 0.132. The average Bonchev–Trinajstić information content (AvgIpc) is 2.29. The topological polar surface area (TPSA) is 24.5 Å². The number of likely N-dealkylation sites (N-methyl/N-ethyl adjacent to an activating group) is 1. The number of allylic oxidation sites excluding steroid dienone is 3. The quantitative estimate of drug-likeness (QED) is 0.791. The Balaban J connectivity index is 2.37. The highest BCUT2D eigenvalue weighted by Crippen LogP contribution is 2.28. The van der Waals surface area contributed by atoms with E-state index in [4.69, 9.17) is 4.74 Å². The molecule has 0 fully saturated rings. The minimum Gasteiger partial charge on any atom is -0.476 e. The first-order chi connectivity index (χ1) is 8.13. The summed E-state index contributed by atoms with van der Waals surface area (Å²) in [5.74, 6) is 0.830. The van der Waals surface area contributed by atoms with E-state index in [2.05, 4.69) is 49.8 Å². The minimum absolute atomic E-state index is 0.725. The number of hydrogen-bond acceptors (Lipinski definition) is 3. The van der Waals surface area contributed by atoms with Crippen molar-refractivity contribution in [3.05, 3.63) is 47.2 Å². The van der Waals surface area contributed by atoms with Crippen LogP contribution < -0.4 is 5.32 Å². The van der Waals surface area contributed by atoms with E-state index < -0.39 is 0 Å². The number of nitrogens with one attached hydrogen (secondary N) is 1. The first-order valence-electron chi connectivity index (χ1n) is 6.06. The average molecular weight is 232 g/mol. The monoisotopic (exact) mass is 232 g/mol. The van der Waals surface area contributed by atoms with Crippen LogP contribution in [0.3, 0.4) is 0 Å². The van der Waals surface area contributed by atoms with Crippen LogP contribution in [0.5, 0.6) is 0 Å². The number of hydrogen-bond donors (Lipinski definition) is 1. The van der Waals surface area contributed by atoms with Crippen LogP contribution in [0, 0.1) is 0 Å². The molecule has 2 aliphatic heterocycles. The molecule has 92 valence electrons. The van der Waals surface area contributed by atoms with Gasteiger partial charge in [-0.25, -0.2) is 0 Å². The summed E-state index contributed by atoms with van der Waals surface area (Å²) in [5, 5.41) is 3.25. The fourth-order valence-electron chi connectivity index (χ4n) is 2.12. The summed E-state index contributed by atoms with van der Waals surface area (Å²) in [6.07, 6.45) is 5.41. The summed E-state index contributed by atoms with van der Waals surface area (Å²) >= 11 is 0. The van der Waals surface area contributed by atoms with Gasteiger partial charge in [-0.15, -0.1) is 0 Å². The highest BCUT2D eigenvalue weighted by atomic mass is 16.5. The smallest absolute Gasteiger partial charge is 0.215 e. The maximum Gasteiger partial charge on any atom is 0.215 e. The molecule has 0 saturated heterocycles. The number of nitrogens with zero attached hydrogens (tertiary/aromatic N) is 1. The molecule has 0 aromatic rings. The third kappa shape index (κ3) is 2.23. The van der Waals surface area contributed by atoms with Gasteiger partial charge in [-0.2, -0.15) is 0 Å². The molecule has 0 bridgehead atoms. The van der Waals surface area contributed by atoms with Crippen LogP contribution in [0.1, 0.15) is 20.3 Å². The molecule has 0 spiro atoms. The SMILES string of the molecule is C=C1NC2=C(C=C1/C(C)=C/CC)N(C)CCO2. The highest BCUT2D eigenvalue weighted by Gasteiger charge is 2.23. The molecule has 0 atom stereocenters.